The van der Waals surface area contributed by atoms with Gasteiger partial charge in [-0.15, -0.1) is 0 Å². The second-order valence-corrected chi connectivity index (χ2v) is 4.97. The average molecular weight is 278 g/mol. The molecule has 0 aliphatic heterocycles. The Balaban J connectivity index is 2.39. The van der Waals surface area contributed by atoms with E-state index in [1.807, 2.05) is 30.4 Å². The molecular formula is C17H26O3. The zero-order chi connectivity index (χ0) is 14.6. The maximum atomic E-state index is 11.4. The average Bonchev–Trinajstić information content (AvgIpc) is 2.85. The quantitative estimate of drug-likeness (QED) is 0.345. The van der Waals surface area contributed by atoms with Gasteiger partial charge in [0.05, 0.1) is 6.10 Å². The monoisotopic (exact) mass is 278 g/mol. The largest absolute Gasteiger partial charge is 0.359 e. The molecule has 1 aliphatic rings. The summed E-state index contributed by atoms with van der Waals surface area (Å²) in [5, 5.41) is 0. The normalized spacial score (nSPS) is 17.3. The van der Waals surface area contributed by atoms with E-state index in [-0.39, 0.29) is 11.9 Å². The number of ether oxygens (including phenoxy) is 2. The van der Waals surface area contributed by atoms with Crippen molar-refractivity contribution in [2.24, 2.45) is 0 Å². The third-order valence-electron chi connectivity index (χ3n) is 3.26. The van der Waals surface area contributed by atoms with Gasteiger partial charge in [0.25, 0.3) is 0 Å². The van der Waals surface area contributed by atoms with E-state index >= 15 is 0 Å². The molecule has 112 valence electrons. The highest BCUT2D eigenvalue weighted by Crippen LogP contribution is 2.15. The summed E-state index contributed by atoms with van der Waals surface area (Å²) in [6.45, 7) is 2.50. The molecule has 0 amide bonds. The fourth-order valence-corrected chi connectivity index (χ4v) is 2.11. The molecular weight excluding hydrogens is 252 g/mol. The number of rotatable bonds is 10. The van der Waals surface area contributed by atoms with Gasteiger partial charge in [-0.05, 0) is 12.8 Å². The predicted molar refractivity (Wildman–Crippen MR) is 81.5 cm³/mol. The zero-order valence-electron chi connectivity index (χ0n) is 12.6. The molecule has 1 aliphatic carbocycles. The number of unbranched alkanes of at least 4 members (excludes halogenated alkanes) is 2. The minimum Gasteiger partial charge on any atom is -0.359 e. The number of Topliss-reactive ketones (excluding diaryl/α,β-unsaturated/α-hetero) is 1. The van der Waals surface area contributed by atoms with Crippen LogP contribution in [0.25, 0.3) is 0 Å². The molecule has 0 heterocycles. The first-order chi connectivity index (χ1) is 9.77. The van der Waals surface area contributed by atoms with E-state index in [2.05, 4.69) is 6.92 Å². The molecule has 0 aromatic carbocycles. The summed E-state index contributed by atoms with van der Waals surface area (Å²) in [5.74, 6) is 0.241. The molecule has 1 rings (SSSR count). The summed E-state index contributed by atoms with van der Waals surface area (Å²) < 4.78 is 10.6. The lowest BCUT2D eigenvalue weighted by molar-refractivity contribution is -0.114. The molecule has 1 unspecified atom stereocenters. The molecule has 0 saturated carbocycles. The van der Waals surface area contributed by atoms with Crippen molar-refractivity contribution in [3.05, 3.63) is 36.0 Å². The van der Waals surface area contributed by atoms with E-state index in [1.54, 1.807) is 7.11 Å². The lowest BCUT2D eigenvalue weighted by Gasteiger charge is -2.12. The summed E-state index contributed by atoms with van der Waals surface area (Å²) in [6, 6.07) is 0. The predicted octanol–water partition coefficient (Wildman–Crippen LogP) is 3.96. The van der Waals surface area contributed by atoms with Crippen LogP contribution < -0.4 is 0 Å². The van der Waals surface area contributed by atoms with Crippen LogP contribution in [0, 0.1) is 0 Å². The first kappa shape index (κ1) is 16.9. The summed E-state index contributed by atoms with van der Waals surface area (Å²) >= 11 is 0. The number of hydrogen-bond donors (Lipinski definition) is 0. The maximum Gasteiger partial charge on any atom is 0.162 e. The van der Waals surface area contributed by atoms with Gasteiger partial charge in [0.1, 0.15) is 6.79 Å². The number of hydrogen-bond acceptors (Lipinski definition) is 3. The van der Waals surface area contributed by atoms with Gasteiger partial charge in [0.15, 0.2) is 5.78 Å². The third-order valence-corrected chi connectivity index (χ3v) is 3.26. The SMILES string of the molecule is CCCCCC(/C=C/C=C/C1=CCCC1=O)OCOC. The van der Waals surface area contributed by atoms with E-state index in [4.69, 9.17) is 9.47 Å². The fraction of sp³-hybridized carbons (Fsp3) is 0.588. The summed E-state index contributed by atoms with van der Waals surface area (Å²) in [4.78, 5) is 11.4. The molecule has 0 N–H and O–H groups in total. The van der Waals surface area contributed by atoms with Gasteiger partial charge < -0.3 is 9.47 Å². The van der Waals surface area contributed by atoms with Gasteiger partial charge >= 0.3 is 0 Å². The van der Waals surface area contributed by atoms with Crippen LogP contribution >= 0.6 is 0 Å². The molecule has 0 radical (unpaired) electrons. The topological polar surface area (TPSA) is 35.5 Å². The Hall–Kier alpha value is -1.19. The number of allylic oxidation sites excluding steroid dienone is 5. The Morgan fingerprint density at radius 3 is 2.85 bits per heavy atom. The second kappa shape index (κ2) is 10.6. The van der Waals surface area contributed by atoms with Crippen molar-refractivity contribution >= 4 is 5.78 Å². The van der Waals surface area contributed by atoms with E-state index in [1.165, 1.54) is 12.8 Å². The number of carbonyl (C=O) groups is 1. The highest BCUT2D eigenvalue weighted by atomic mass is 16.7. The Morgan fingerprint density at radius 1 is 1.35 bits per heavy atom. The van der Waals surface area contributed by atoms with Crippen LogP contribution in [0.15, 0.2) is 36.0 Å². The van der Waals surface area contributed by atoms with Crippen molar-refractivity contribution < 1.29 is 14.3 Å². The highest BCUT2D eigenvalue weighted by molar-refractivity contribution is 6.00. The van der Waals surface area contributed by atoms with E-state index in [0.29, 0.717) is 13.2 Å². The third kappa shape index (κ3) is 6.83. The maximum absolute atomic E-state index is 11.4. The van der Waals surface area contributed by atoms with Gasteiger partial charge in [0.2, 0.25) is 0 Å². The molecule has 0 saturated heterocycles. The molecule has 0 bridgehead atoms. The van der Waals surface area contributed by atoms with Gasteiger partial charge in [0, 0.05) is 19.1 Å². The van der Waals surface area contributed by atoms with Crippen molar-refractivity contribution in [3.63, 3.8) is 0 Å². The Kier molecular flexibility index (Phi) is 8.92. The summed E-state index contributed by atoms with van der Waals surface area (Å²) in [6.07, 6.45) is 16.0. The fourth-order valence-electron chi connectivity index (χ4n) is 2.11. The van der Waals surface area contributed by atoms with Crippen LogP contribution in [0.2, 0.25) is 0 Å². The van der Waals surface area contributed by atoms with Gasteiger partial charge in [-0.3, -0.25) is 4.79 Å². The Bertz CT molecular complexity index is 366. The van der Waals surface area contributed by atoms with Crippen molar-refractivity contribution in [2.75, 3.05) is 13.9 Å². The first-order valence-electron chi connectivity index (χ1n) is 7.46. The van der Waals surface area contributed by atoms with Crippen LogP contribution in [-0.4, -0.2) is 25.8 Å². The van der Waals surface area contributed by atoms with Crippen LogP contribution in [0.1, 0.15) is 45.4 Å². The molecule has 3 nitrogen and oxygen atoms in total. The van der Waals surface area contributed by atoms with Gasteiger partial charge in [-0.1, -0.05) is 56.6 Å². The van der Waals surface area contributed by atoms with Crippen molar-refractivity contribution in [1.82, 2.24) is 0 Å². The highest BCUT2D eigenvalue weighted by Gasteiger charge is 2.11. The lowest BCUT2D eigenvalue weighted by Crippen LogP contribution is -2.11. The first-order valence-corrected chi connectivity index (χ1v) is 7.46. The van der Waals surface area contributed by atoms with Crippen LogP contribution in [0.5, 0.6) is 0 Å². The lowest BCUT2D eigenvalue weighted by atomic mass is 10.1. The summed E-state index contributed by atoms with van der Waals surface area (Å²) in [5.41, 5.74) is 0.829. The van der Waals surface area contributed by atoms with Crippen molar-refractivity contribution in [2.45, 2.75) is 51.6 Å². The molecule has 0 aromatic heterocycles. The molecule has 0 aromatic rings. The minimum atomic E-state index is 0.0828. The minimum absolute atomic E-state index is 0.0828. The van der Waals surface area contributed by atoms with Crippen LogP contribution in [0.3, 0.4) is 0 Å². The van der Waals surface area contributed by atoms with Crippen molar-refractivity contribution in [1.29, 1.82) is 0 Å². The number of methoxy groups -OCH3 is 1. The second-order valence-electron chi connectivity index (χ2n) is 4.97. The van der Waals surface area contributed by atoms with Gasteiger partial charge in [-0.2, -0.15) is 0 Å². The Morgan fingerprint density at radius 2 is 2.20 bits per heavy atom. The van der Waals surface area contributed by atoms with Crippen LogP contribution in [-0.2, 0) is 14.3 Å². The van der Waals surface area contributed by atoms with E-state index < -0.39 is 0 Å². The number of ketones is 1. The van der Waals surface area contributed by atoms with Gasteiger partial charge in [-0.25, -0.2) is 0 Å². The zero-order valence-corrected chi connectivity index (χ0v) is 12.6. The standard InChI is InChI=1S/C17H26O3/c1-3-4-5-11-16(20-14-19-2)12-7-6-9-15-10-8-13-17(15)18/h6-7,9-10,12,16H,3-5,8,11,13-14H2,1-2H3/b9-6+,12-7+. The van der Waals surface area contributed by atoms with Crippen LogP contribution in [0.4, 0.5) is 0 Å². The molecule has 0 spiro atoms. The summed E-state index contributed by atoms with van der Waals surface area (Å²) in [7, 11) is 1.63. The van der Waals surface area contributed by atoms with E-state index in [9.17, 15) is 4.79 Å². The smallest absolute Gasteiger partial charge is 0.162 e. The van der Waals surface area contributed by atoms with E-state index in [0.717, 1.165) is 24.8 Å². The molecule has 20 heavy (non-hydrogen) atoms. The van der Waals surface area contributed by atoms with Crippen molar-refractivity contribution in [3.8, 4) is 0 Å². The molecule has 3 heteroatoms. The molecule has 1 atom stereocenters. The Labute approximate surface area is 122 Å². The molecule has 0 fully saturated rings. The number of carbonyl (C=O) groups excluding carboxylic acids is 1.